The maximum absolute atomic E-state index is 13.2. The molecule has 1 N–H and O–H groups in total. The molecule has 1 heterocycles. The van der Waals surface area contributed by atoms with Gasteiger partial charge in [-0.25, -0.2) is 4.39 Å². The highest BCUT2D eigenvalue weighted by Gasteiger charge is 2.33. The van der Waals surface area contributed by atoms with Crippen molar-refractivity contribution in [2.75, 3.05) is 6.54 Å². The number of piperidine rings is 1. The summed E-state index contributed by atoms with van der Waals surface area (Å²) in [5.41, 5.74) is 0.424. The highest BCUT2D eigenvalue weighted by molar-refractivity contribution is 6.31. The Morgan fingerprint density at radius 1 is 1.15 bits per heavy atom. The number of rotatable bonds is 4. The Labute approximate surface area is 160 Å². The number of halogens is 5. The second-order valence-electron chi connectivity index (χ2n) is 6.68. The monoisotopic (exact) mass is 401 g/mol. The predicted molar refractivity (Wildman–Crippen MR) is 96.1 cm³/mol. The van der Waals surface area contributed by atoms with Crippen LogP contribution < -0.4 is 5.32 Å². The third kappa shape index (κ3) is 4.81. The highest BCUT2D eigenvalue weighted by atomic mass is 35.5. The topological polar surface area (TPSA) is 21.3 Å². The average Bonchev–Trinajstić information content (AvgIpc) is 2.62. The quantitative estimate of drug-likeness (QED) is 0.628. The van der Waals surface area contributed by atoms with Gasteiger partial charge in [-0.15, -0.1) is 0 Å². The largest absolute Gasteiger partial charge is 0.416 e. The Morgan fingerprint density at radius 2 is 1.85 bits per heavy atom. The standard InChI is InChI=1S/C20H20ClF4NO/c1-12(16-11-14(20(23,24)25)6-9-17(16)21)27-18-3-2-10-26-19(18)13-4-7-15(22)8-5-13/h4-9,11-12,18-19,26H,2-3,10H2,1H3/t12?,18-,19-/m1/s1. The fourth-order valence-corrected chi connectivity index (χ4v) is 3.65. The van der Waals surface area contributed by atoms with E-state index in [4.69, 9.17) is 16.3 Å². The van der Waals surface area contributed by atoms with Gasteiger partial charge in [0.2, 0.25) is 0 Å². The lowest BCUT2D eigenvalue weighted by molar-refractivity contribution is -0.137. The first-order chi connectivity index (χ1) is 12.8. The van der Waals surface area contributed by atoms with E-state index in [-0.39, 0.29) is 23.0 Å². The molecule has 146 valence electrons. The van der Waals surface area contributed by atoms with Crippen LogP contribution in [0, 0.1) is 5.82 Å². The van der Waals surface area contributed by atoms with Gasteiger partial charge in [0, 0.05) is 5.02 Å². The molecule has 1 fully saturated rings. The number of nitrogens with one attached hydrogen (secondary N) is 1. The van der Waals surface area contributed by atoms with Gasteiger partial charge in [0.15, 0.2) is 0 Å². The molecule has 0 radical (unpaired) electrons. The van der Waals surface area contributed by atoms with E-state index in [1.807, 2.05) is 0 Å². The van der Waals surface area contributed by atoms with Gasteiger partial charge in [-0.1, -0.05) is 23.7 Å². The third-order valence-electron chi connectivity index (χ3n) is 4.77. The average molecular weight is 402 g/mol. The lowest BCUT2D eigenvalue weighted by atomic mass is 9.94. The molecule has 1 aliphatic heterocycles. The van der Waals surface area contributed by atoms with Gasteiger partial charge in [0.25, 0.3) is 0 Å². The van der Waals surface area contributed by atoms with Gasteiger partial charge < -0.3 is 10.1 Å². The van der Waals surface area contributed by atoms with E-state index in [1.165, 1.54) is 18.2 Å². The molecule has 7 heteroatoms. The van der Waals surface area contributed by atoms with Crippen LogP contribution in [0.2, 0.25) is 5.02 Å². The lowest BCUT2D eigenvalue weighted by Crippen LogP contribution is -2.39. The van der Waals surface area contributed by atoms with Gasteiger partial charge >= 0.3 is 6.18 Å². The summed E-state index contributed by atoms with van der Waals surface area (Å²) in [5, 5.41) is 3.59. The molecule has 27 heavy (non-hydrogen) atoms. The van der Waals surface area contributed by atoms with Crippen molar-refractivity contribution in [1.29, 1.82) is 0 Å². The number of alkyl halides is 3. The van der Waals surface area contributed by atoms with Crippen LogP contribution in [0.5, 0.6) is 0 Å². The third-order valence-corrected chi connectivity index (χ3v) is 5.11. The molecule has 0 amide bonds. The van der Waals surface area contributed by atoms with E-state index in [0.29, 0.717) is 5.56 Å². The zero-order valence-electron chi connectivity index (χ0n) is 14.7. The molecular weight excluding hydrogens is 382 g/mol. The Hall–Kier alpha value is -1.63. The van der Waals surface area contributed by atoms with Crippen molar-refractivity contribution in [2.24, 2.45) is 0 Å². The molecule has 3 rings (SSSR count). The summed E-state index contributed by atoms with van der Waals surface area (Å²) in [7, 11) is 0. The number of hydrogen-bond acceptors (Lipinski definition) is 2. The van der Waals surface area contributed by atoms with Crippen molar-refractivity contribution in [1.82, 2.24) is 5.32 Å². The number of ether oxygens (including phenoxy) is 1. The molecule has 2 aromatic carbocycles. The highest BCUT2D eigenvalue weighted by Crippen LogP contribution is 2.37. The number of benzene rings is 2. The summed E-state index contributed by atoms with van der Waals surface area (Å²) in [6.07, 6.45) is -3.69. The first kappa shape index (κ1) is 20.1. The van der Waals surface area contributed by atoms with Gasteiger partial charge in [0.05, 0.1) is 23.8 Å². The van der Waals surface area contributed by atoms with E-state index in [1.54, 1.807) is 19.1 Å². The van der Waals surface area contributed by atoms with Gasteiger partial charge in [-0.2, -0.15) is 13.2 Å². The zero-order chi connectivity index (χ0) is 19.6. The fourth-order valence-electron chi connectivity index (χ4n) is 3.38. The maximum Gasteiger partial charge on any atom is 0.416 e. The normalized spacial score (nSPS) is 21.9. The summed E-state index contributed by atoms with van der Waals surface area (Å²) in [5.74, 6) is -0.323. The van der Waals surface area contributed by atoms with E-state index < -0.39 is 17.8 Å². The van der Waals surface area contributed by atoms with Crippen molar-refractivity contribution in [2.45, 2.75) is 44.2 Å². The summed E-state index contributed by atoms with van der Waals surface area (Å²) < 4.78 is 58.4. The minimum Gasteiger partial charge on any atom is -0.369 e. The van der Waals surface area contributed by atoms with Crippen molar-refractivity contribution in [3.8, 4) is 0 Å². The van der Waals surface area contributed by atoms with Crippen LogP contribution in [0.25, 0.3) is 0 Å². The van der Waals surface area contributed by atoms with E-state index in [0.717, 1.165) is 37.1 Å². The van der Waals surface area contributed by atoms with Crippen LogP contribution in [0.3, 0.4) is 0 Å². The first-order valence-corrected chi connectivity index (χ1v) is 9.14. The maximum atomic E-state index is 13.2. The summed E-state index contributed by atoms with van der Waals surface area (Å²) in [4.78, 5) is 0. The SMILES string of the molecule is CC(O[C@@H]1CCCN[C@@H]1c1ccc(F)cc1)c1cc(C(F)(F)F)ccc1Cl. The second-order valence-corrected chi connectivity index (χ2v) is 7.08. The minimum absolute atomic E-state index is 0.161. The Balaban J connectivity index is 1.81. The smallest absolute Gasteiger partial charge is 0.369 e. The summed E-state index contributed by atoms with van der Waals surface area (Å²) >= 11 is 6.13. The van der Waals surface area contributed by atoms with Crippen LogP contribution in [-0.4, -0.2) is 12.6 Å². The molecule has 1 aliphatic rings. The molecule has 2 aromatic rings. The van der Waals surface area contributed by atoms with Crippen LogP contribution in [-0.2, 0) is 10.9 Å². The fraction of sp³-hybridized carbons (Fsp3) is 0.400. The first-order valence-electron chi connectivity index (χ1n) is 8.76. The van der Waals surface area contributed by atoms with Crippen LogP contribution in [0.1, 0.15) is 48.6 Å². The second kappa shape index (κ2) is 8.17. The molecule has 0 aromatic heterocycles. The van der Waals surface area contributed by atoms with E-state index in [2.05, 4.69) is 5.32 Å². The molecule has 0 saturated carbocycles. The zero-order valence-corrected chi connectivity index (χ0v) is 15.4. The van der Waals surface area contributed by atoms with Gasteiger partial charge in [0.1, 0.15) is 5.82 Å². The van der Waals surface area contributed by atoms with Crippen molar-refractivity contribution in [3.63, 3.8) is 0 Å². The number of hydrogen-bond donors (Lipinski definition) is 1. The van der Waals surface area contributed by atoms with E-state index >= 15 is 0 Å². The predicted octanol–water partition coefficient (Wildman–Crippen LogP) is 6.07. The molecule has 1 saturated heterocycles. The molecule has 0 bridgehead atoms. The Kier molecular flexibility index (Phi) is 6.08. The molecule has 0 spiro atoms. The molecule has 2 nitrogen and oxygen atoms in total. The van der Waals surface area contributed by atoms with Gasteiger partial charge in [-0.05, 0) is 67.8 Å². The van der Waals surface area contributed by atoms with Crippen molar-refractivity contribution < 1.29 is 22.3 Å². The minimum atomic E-state index is -4.44. The van der Waals surface area contributed by atoms with E-state index in [9.17, 15) is 17.6 Å². The van der Waals surface area contributed by atoms with Crippen LogP contribution in [0.4, 0.5) is 17.6 Å². The van der Waals surface area contributed by atoms with Crippen molar-refractivity contribution >= 4 is 11.6 Å². The summed E-state index contributed by atoms with van der Waals surface area (Å²) in [6.45, 7) is 2.48. The Bertz CT molecular complexity index is 779. The molecular formula is C20H20ClF4NO. The van der Waals surface area contributed by atoms with Crippen molar-refractivity contribution in [3.05, 3.63) is 70.0 Å². The molecule has 3 atom stereocenters. The Morgan fingerprint density at radius 3 is 2.52 bits per heavy atom. The summed E-state index contributed by atoms with van der Waals surface area (Å²) in [6, 6.07) is 9.24. The molecule has 1 unspecified atom stereocenters. The lowest BCUT2D eigenvalue weighted by Gasteiger charge is -2.35. The van der Waals surface area contributed by atoms with Crippen LogP contribution >= 0.6 is 11.6 Å². The van der Waals surface area contributed by atoms with Gasteiger partial charge in [-0.3, -0.25) is 0 Å². The molecule has 0 aliphatic carbocycles. The van der Waals surface area contributed by atoms with Crippen LogP contribution in [0.15, 0.2) is 42.5 Å².